The van der Waals surface area contributed by atoms with Gasteiger partial charge in [-0.3, -0.25) is 0 Å². The van der Waals surface area contributed by atoms with Gasteiger partial charge in [0, 0.05) is 23.5 Å². The zero-order valence-electron chi connectivity index (χ0n) is 10.2. The van der Waals surface area contributed by atoms with Crippen LogP contribution in [0.5, 0.6) is 0 Å². The summed E-state index contributed by atoms with van der Waals surface area (Å²) in [6, 6.07) is 4.55. The van der Waals surface area contributed by atoms with Crippen molar-refractivity contribution in [1.29, 1.82) is 0 Å². The summed E-state index contributed by atoms with van der Waals surface area (Å²) in [5.41, 5.74) is 6.29. The van der Waals surface area contributed by atoms with Gasteiger partial charge in [-0.1, -0.05) is 0 Å². The van der Waals surface area contributed by atoms with Crippen molar-refractivity contribution in [2.45, 2.75) is 12.8 Å². The van der Waals surface area contributed by atoms with Crippen molar-refractivity contribution in [3.63, 3.8) is 0 Å². The first-order valence-corrected chi connectivity index (χ1v) is 5.57. The van der Waals surface area contributed by atoms with Gasteiger partial charge in [0.05, 0.1) is 0 Å². The van der Waals surface area contributed by atoms with Gasteiger partial charge in [0.15, 0.2) is 0 Å². The molecule has 0 fully saturated rings. The highest BCUT2D eigenvalue weighted by atomic mass is 19.3. The highest BCUT2D eigenvalue weighted by Crippen LogP contribution is 2.28. The Balaban J connectivity index is 2.58. The van der Waals surface area contributed by atoms with Crippen LogP contribution in [0.1, 0.15) is 18.4 Å². The summed E-state index contributed by atoms with van der Waals surface area (Å²) in [5, 5.41) is 3.01. The van der Waals surface area contributed by atoms with E-state index in [1.54, 1.807) is 12.1 Å². The number of benzene rings is 1. The first kappa shape index (κ1) is 13.7. The molecule has 0 spiro atoms. The van der Waals surface area contributed by atoms with Crippen LogP contribution in [0.2, 0.25) is 0 Å². The van der Waals surface area contributed by atoms with E-state index in [1.165, 1.54) is 6.07 Å². The molecule has 0 radical (unpaired) electrons. The van der Waals surface area contributed by atoms with Crippen molar-refractivity contribution in [1.82, 2.24) is 4.90 Å². The summed E-state index contributed by atoms with van der Waals surface area (Å²) in [7, 11) is 3.96. The summed E-state index contributed by atoms with van der Waals surface area (Å²) in [6.07, 6.45) is -1.60. The maximum absolute atomic E-state index is 12.7. The molecule has 0 saturated carbocycles. The van der Waals surface area contributed by atoms with E-state index in [9.17, 15) is 8.78 Å². The zero-order chi connectivity index (χ0) is 12.8. The number of alkyl halides is 2. The van der Waals surface area contributed by atoms with E-state index in [0.717, 1.165) is 13.0 Å². The quantitative estimate of drug-likeness (QED) is 0.596. The van der Waals surface area contributed by atoms with Gasteiger partial charge in [-0.15, -0.1) is 0 Å². The second-order valence-electron chi connectivity index (χ2n) is 4.23. The molecule has 0 amide bonds. The lowest BCUT2D eigenvalue weighted by Gasteiger charge is -2.14. The molecule has 1 aromatic carbocycles. The molecule has 0 aliphatic rings. The molecule has 96 valence electrons. The Morgan fingerprint density at radius 2 is 2.06 bits per heavy atom. The Morgan fingerprint density at radius 3 is 2.65 bits per heavy atom. The molecule has 0 bridgehead atoms. The van der Waals surface area contributed by atoms with Crippen molar-refractivity contribution >= 4 is 11.4 Å². The Labute approximate surface area is 101 Å². The largest absolute Gasteiger partial charge is 0.399 e. The van der Waals surface area contributed by atoms with Gasteiger partial charge in [-0.25, -0.2) is 8.78 Å². The standard InChI is InChI=1S/C12H19F2N3/c1-17(2)7-3-6-16-11-5-4-9(15)8-10(11)12(13)14/h4-5,8,12,16H,3,6-7,15H2,1-2H3. The molecular weight excluding hydrogens is 224 g/mol. The number of nitrogens with zero attached hydrogens (tertiary/aromatic N) is 1. The van der Waals surface area contributed by atoms with Crippen LogP contribution < -0.4 is 11.1 Å². The Morgan fingerprint density at radius 1 is 1.35 bits per heavy atom. The predicted octanol–water partition coefficient (Wildman–Crippen LogP) is 2.57. The lowest BCUT2D eigenvalue weighted by molar-refractivity contribution is 0.152. The summed E-state index contributed by atoms with van der Waals surface area (Å²) < 4.78 is 25.5. The number of hydrogen-bond donors (Lipinski definition) is 2. The predicted molar refractivity (Wildman–Crippen MR) is 67.5 cm³/mol. The third kappa shape index (κ3) is 4.56. The minimum atomic E-state index is -2.50. The fraction of sp³-hybridized carbons (Fsp3) is 0.500. The third-order valence-corrected chi connectivity index (χ3v) is 2.41. The molecule has 0 aromatic heterocycles. The number of halogens is 2. The first-order chi connectivity index (χ1) is 8.00. The van der Waals surface area contributed by atoms with E-state index < -0.39 is 6.43 Å². The summed E-state index contributed by atoms with van der Waals surface area (Å²) >= 11 is 0. The van der Waals surface area contributed by atoms with Gasteiger partial charge in [-0.05, 0) is 45.3 Å². The SMILES string of the molecule is CN(C)CCCNc1ccc(N)cc1C(F)F. The molecule has 0 heterocycles. The van der Waals surface area contributed by atoms with Crippen LogP contribution in [0, 0.1) is 0 Å². The van der Waals surface area contributed by atoms with Crippen LogP contribution in [0.3, 0.4) is 0 Å². The smallest absolute Gasteiger partial charge is 0.265 e. The summed E-state index contributed by atoms with van der Waals surface area (Å²) in [6.45, 7) is 1.59. The molecular formula is C12H19F2N3. The van der Waals surface area contributed by atoms with Crippen LogP contribution in [0.25, 0.3) is 0 Å². The number of anilines is 2. The lowest BCUT2D eigenvalue weighted by atomic mass is 10.1. The van der Waals surface area contributed by atoms with Gasteiger partial charge in [0.2, 0.25) is 0 Å². The first-order valence-electron chi connectivity index (χ1n) is 5.57. The Hall–Kier alpha value is -1.36. The molecule has 1 aromatic rings. The van der Waals surface area contributed by atoms with Crippen molar-refractivity contribution < 1.29 is 8.78 Å². The second-order valence-corrected chi connectivity index (χ2v) is 4.23. The van der Waals surface area contributed by atoms with Crippen LogP contribution in [0.15, 0.2) is 18.2 Å². The molecule has 0 unspecified atom stereocenters. The van der Waals surface area contributed by atoms with Crippen LogP contribution in [0.4, 0.5) is 20.2 Å². The number of hydrogen-bond acceptors (Lipinski definition) is 3. The molecule has 17 heavy (non-hydrogen) atoms. The second kappa shape index (κ2) is 6.39. The number of rotatable bonds is 6. The van der Waals surface area contributed by atoms with Gasteiger partial charge in [0.1, 0.15) is 0 Å². The van der Waals surface area contributed by atoms with E-state index in [4.69, 9.17) is 5.73 Å². The highest BCUT2D eigenvalue weighted by molar-refractivity contribution is 5.58. The fourth-order valence-electron chi connectivity index (χ4n) is 1.54. The monoisotopic (exact) mass is 243 g/mol. The summed E-state index contributed by atoms with van der Waals surface area (Å²) in [5.74, 6) is 0. The highest BCUT2D eigenvalue weighted by Gasteiger charge is 2.12. The van der Waals surface area contributed by atoms with Crippen molar-refractivity contribution in [2.24, 2.45) is 0 Å². The normalized spacial score (nSPS) is 11.2. The topological polar surface area (TPSA) is 41.3 Å². The Bertz CT molecular complexity index is 354. The third-order valence-electron chi connectivity index (χ3n) is 2.41. The van der Waals surface area contributed by atoms with Gasteiger partial charge in [0.25, 0.3) is 6.43 Å². The molecule has 3 N–H and O–H groups in total. The molecule has 0 aliphatic carbocycles. The van der Waals surface area contributed by atoms with E-state index >= 15 is 0 Å². The minimum absolute atomic E-state index is 0.0325. The van der Waals surface area contributed by atoms with Crippen LogP contribution in [-0.2, 0) is 0 Å². The van der Waals surface area contributed by atoms with Crippen molar-refractivity contribution in [3.05, 3.63) is 23.8 Å². The van der Waals surface area contributed by atoms with Crippen molar-refractivity contribution in [3.8, 4) is 0 Å². The minimum Gasteiger partial charge on any atom is -0.399 e. The average Bonchev–Trinajstić information content (AvgIpc) is 2.25. The van der Waals surface area contributed by atoms with Gasteiger partial charge >= 0.3 is 0 Å². The molecule has 1 rings (SSSR count). The molecule has 3 nitrogen and oxygen atoms in total. The number of nitrogen functional groups attached to an aromatic ring is 1. The fourth-order valence-corrected chi connectivity index (χ4v) is 1.54. The molecule has 0 atom stereocenters. The average molecular weight is 243 g/mol. The van der Waals surface area contributed by atoms with E-state index in [2.05, 4.69) is 10.2 Å². The van der Waals surface area contributed by atoms with Crippen molar-refractivity contribution in [2.75, 3.05) is 38.2 Å². The lowest BCUT2D eigenvalue weighted by Crippen LogP contribution is -2.16. The Kier molecular flexibility index (Phi) is 5.15. The number of nitrogens with one attached hydrogen (secondary N) is 1. The maximum atomic E-state index is 12.7. The molecule has 0 saturated heterocycles. The zero-order valence-corrected chi connectivity index (χ0v) is 10.2. The van der Waals surface area contributed by atoms with Crippen LogP contribution in [-0.4, -0.2) is 32.1 Å². The molecule has 0 aliphatic heterocycles. The van der Waals surface area contributed by atoms with Gasteiger partial charge in [-0.2, -0.15) is 0 Å². The molecule has 5 heteroatoms. The van der Waals surface area contributed by atoms with E-state index in [0.29, 0.717) is 17.9 Å². The van der Waals surface area contributed by atoms with Crippen LogP contribution >= 0.6 is 0 Å². The van der Waals surface area contributed by atoms with E-state index in [1.807, 2.05) is 14.1 Å². The van der Waals surface area contributed by atoms with Gasteiger partial charge < -0.3 is 16.0 Å². The summed E-state index contributed by atoms with van der Waals surface area (Å²) in [4.78, 5) is 2.05. The maximum Gasteiger partial charge on any atom is 0.265 e. The number of nitrogens with two attached hydrogens (primary N) is 1. The van der Waals surface area contributed by atoms with E-state index in [-0.39, 0.29) is 5.56 Å².